The fourth-order valence-electron chi connectivity index (χ4n) is 3.27. The minimum Gasteiger partial charge on any atom is -0.481 e. The molecule has 2 N–H and O–H groups in total. The number of rotatable bonds is 3. The molecule has 0 unspecified atom stereocenters. The summed E-state index contributed by atoms with van der Waals surface area (Å²) in [5, 5.41) is 17.9. The van der Waals surface area contributed by atoms with Crippen LogP contribution >= 0.6 is 0 Å². The summed E-state index contributed by atoms with van der Waals surface area (Å²) < 4.78 is 0. The molecule has 0 aliphatic heterocycles. The molecule has 0 aromatic rings. The predicted molar refractivity (Wildman–Crippen MR) is 47.8 cm³/mol. The molecule has 2 fully saturated rings. The molecule has 4 heteroatoms. The molecule has 0 aromatic heterocycles. The largest absolute Gasteiger partial charge is 0.481 e. The van der Waals surface area contributed by atoms with Crippen LogP contribution in [0.5, 0.6) is 0 Å². The molecule has 0 saturated heterocycles. The van der Waals surface area contributed by atoms with E-state index in [0.29, 0.717) is 12.3 Å². The summed E-state index contributed by atoms with van der Waals surface area (Å²) >= 11 is 0. The van der Waals surface area contributed by atoms with E-state index in [1.54, 1.807) is 0 Å². The van der Waals surface area contributed by atoms with Crippen molar-refractivity contribution in [3.63, 3.8) is 0 Å². The van der Waals surface area contributed by atoms with Gasteiger partial charge in [-0.1, -0.05) is 6.42 Å². The van der Waals surface area contributed by atoms with E-state index < -0.39 is 17.4 Å². The lowest BCUT2D eigenvalue weighted by atomic mass is 9.71. The average Bonchev–Trinajstić information content (AvgIpc) is 2.61. The number of carboxylic acids is 2. The van der Waals surface area contributed by atoms with Crippen molar-refractivity contribution in [3.8, 4) is 0 Å². The smallest absolute Gasteiger partial charge is 0.310 e. The molecule has 2 aliphatic rings. The zero-order valence-corrected chi connectivity index (χ0v) is 7.90. The SMILES string of the molecule is O=C(O)C[C@@]1(C(=O)O)C[C@@H]2CC[C@H]1C2. The van der Waals surface area contributed by atoms with Crippen LogP contribution in [0.25, 0.3) is 0 Å². The van der Waals surface area contributed by atoms with Crippen molar-refractivity contribution in [3.05, 3.63) is 0 Å². The van der Waals surface area contributed by atoms with Crippen LogP contribution in [0, 0.1) is 17.3 Å². The molecule has 78 valence electrons. The third-order valence-electron chi connectivity index (χ3n) is 3.87. The maximum absolute atomic E-state index is 11.2. The Balaban J connectivity index is 2.24. The highest BCUT2D eigenvalue weighted by Gasteiger charge is 2.56. The summed E-state index contributed by atoms with van der Waals surface area (Å²) in [7, 11) is 0. The van der Waals surface area contributed by atoms with E-state index in [1.165, 1.54) is 0 Å². The van der Waals surface area contributed by atoms with Gasteiger partial charge in [0.1, 0.15) is 0 Å². The molecule has 0 amide bonds. The lowest BCUT2D eigenvalue weighted by Crippen LogP contribution is -2.38. The molecule has 3 atom stereocenters. The van der Waals surface area contributed by atoms with Gasteiger partial charge in [0, 0.05) is 0 Å². The Morgan fingerprint density at radius 2 is 2.00 bits per heavy atom. The molecule has 0 spiro atoms. The second kappa shape index (κ2) is 2.97. The first-order chi connectivity index (χ1) is 6.54. The second-order valence-corrected chi connectivity index (χ2v) is 4.61. The van der Waals surface area contributed by atoms with Crippen molar-refractivity contribution >= 4 is 11.9 Å². The van der Waals surface area contributed by atoms with Gasteiger partial charge in [-0.3, -0.25) is 9.59 Å². The first-order valence-corrected chi connectivity index (χ1v) is 5.00. The summed E-state index contributed by atoms with van der Waals surface area (Å²) in [6, 6.07) is 0. The summed E-state index contributed by atoms with van der Waals surface area (Å²) in [6.07, 6.45) is 3.26. The van der Waals surface area contributed by atoms with Crippen LogP contribution in [-0.2, 0) is 9.59 Å². The average molecular weight is 198 g/mol. The van der Waals surface area contributed by atoms with Crippen LogP contribution in [-0.4, -0.2) is 22.2 Å². The molecular weight excluding hydrogens is 184 g/mol. The fraction of sp³-hybridized carbons (Fsp3) is 0.800. The minimum absolute atomic E-state index is 0.0982. The Hall–Kier alpha value is -1.06. The third-order valence-corrected chi connectivity index (χ3v) is 3.87. The number of hydrogen-bond donors (Lipinski definition) is 2. The van der Waals surface area contributed by atoms with Crippen molar-refractivity contribution in [2.24, 2.45) is 17.3 Å². The zero-order chi connectivity index (χ0) is 10.3. The molecule has 2 aliphatic carbocycles. The highest BCUT2D eigenvalue weighted by molar-refractivity contribution is 5.82. The van der Waals surface area contributed by atoms with E-state index in [0.717, 1.165) is 19.3 Å². The number of carboxylic acid groups (broad SMARTS) is 2. The number of fused-ring (bicyclic) bond motifs is 2. The van der Waals surface area contributed by atoms with E-state index in [2.05, 4.69) is 0 Å². The third kappa shape index (κ3) is 1.21. The van der Waals surface area contributed by atoms with Gasteiger partial charge >= 0.3 is 11.9 Å². The van der Waals surface area contributed by atoms with Gasteiger partial charge in [0.2, 0.25) is 0 Å². The van der Waals surface area contributed by atoms with Crippen LogP contribution in [0.4, 0.5) is 0 Å². The van der Waals surface area contributed by atoms with Crippen LogP contribution in [0.2, 0.25) is 0 Å². The molecule has 0 radical (unpaired) electrons. The number of carbonyl (C=O) groups is 2. The van der Waals surface area contributed by atoms with Gasteiger partial charge in [-0.05, 0) is 31.1 Å². The maximum atomic E-state index is 11.2. The van der Waals surface area contributed by atoms with Crippen molar-refractivity contribution in [1.29, 1.82) is 0 Å². The Morgan fingerprint density at radius 3 is 2.36 bits per heavy atom. The van der Waals surface area contributed by atoms with E-state index >= 15 is 0 Å². The zero-order valence-electron chi connectivity index (χ0n) is 7.90. The Bertz CT molecular complexity index is 286. The molecule has 2 bridgehead atoms. The lowest BCUT2D eigenvalue weighted by molar-refractivity contribution is -0.159. The quantitative estimate of drug-likeness (QED) is 0.717. The van der Waals surface area contributed by atoms with E-state index in [4.69, 9.17) is 5.11 Å². The molecule has 2 saturated carbocycles. The van der Waals surface area contributed by atoms with Crippen LogP contribution in [0.3, 0.4) is 0 Å². The van der Waals surface area contributed by atoms with E-state index in [-0.39, 0.29) is 12.3 Å². The van der Waals surface area contributed by atoms with Gasteiger partial charge < -0.3 is 10.2 Å². The highest BCUT2D eigenvalue weighted by Crippen LogP contribution is 2.57. The van der Waals surface area contributed by atoms with Gasteiger partial charge in [-0.25, -0.2) is 0 Å². The molecule has 4 nitrogen and oxygen atoms in total. The van der Waals surface area contributed by atoms with Crippen molar-refractivity contribution in [1.82, 2.24) is 0 Å². The van der Waals surface area contributed by atoms with Crippen LogP contribution in [0.1, 0.15) is 32.1 Å². The Kier molecular flexibility index (Phi) is 2.01. The van der Waals surface area contributed by atoms with Crippen molar-refractivity contribution in [2.45, 2.75) is 32.1 Å². The van der Waals surface area contributed by atoms with Gasteiger partial charge in [-0.15, -0.1) is 0 Å². The monoisotopic (exact) mass is 198 g/mol. The second-order valence-electron chi connectivity index (χ2n) is 4.61. The molecule has 0 heterocycles. The molecule has 0 aromatic carbocycles. The van der Waals surface area contributed by atoms with Gasteiger partial charge in [0.05, 0.1) is 11.8 Å². The van der Waals surface area contributed by atoms with Gasteiger partial charge in [0.25, 0.3) is 0 Å². The van der Waals surface area contributed by atoms with Crippen LogP contribution in [0.15, 0.2) is 0 Å². The molecule has 2 rings (SSSR count). The fourth-order valence-corrected chi connectivity index (χ4v) is 3.27. The van der Waals surface area contributed by atoms with E-state index in [9.17, 15) is 14.7 Å². The number of hydrogen-bond acceptors (Lipinski definition) is 2. The topological polar surface area (TPSA) is 74.6 Å². The minimum atomic E-state index is -0.986. The molecule has 14 heavy (non-hydrogen) atoms. The summed E-state index contributed by atoms with van der Waals surface area (Å²) in [5.41, 5.74) is -0.950. The predicted octanol–water partition coefficient (Wildman–Crippen LogP) is 1.35. The normalized spacial score (nSPS) is 40.0. The van der Waals surface area contributed by atoms with Crippen molar-refractivity contribution in [2.75, 3.05) is 0 Å². The van der Waals surface area contributed by atoms with Gasteiger partial charge in [-0.2, -0.15) is 0 Å². The first kappa shape index (κ1) is 9.49. The first-order valence-electron chi connectivity index (χ1n) is 5.00. The summed E-state index contributed by atoms with van der Waals surface area (Å²) in [6.45, 7) is 0. The van der Waals surface area contributed by atoms with Crippen molar-refractivity contribution < 1.29 is 19.8 Å². The highest BCUT2D eigenvalue weighted by atomic mass is 16.4. The van der Waals surface area contributed by atoms with Gasteiger partial charge in [0.15, 0.2) is 0 Å². The standard InChI is InChI=1S/C10H14O4/c11-8(12)5-10(9(13)14)4-6-1-2-7(10)3-6/h6-7H,1-5H2,(H,11,12)(H,13,14)/t6-,7+,10+/m1/s1. The Morgan fingerprint density at radius 1 is 1.29 bits per heavy atom. The van der Waals surface area contributed by atoms with E-state index in [1.807, 2.05) is 0 Å². The Labute approximate surface area is 81.9 Å². The van der Waals surface area contributed by atoms with Crippen LogP contribution < -0.4 is 0 Å². The number of aliphatic carboxylic acids is 2. The molecular formula is C10H14O4. The lowest BCUT2D eigenvalue weighted by Gasteiger charge is -2.31. The summed E-state index contributed by atoms with van der Waals surface area (Å²) in [4.78, 5) is 21.9. The maximum Gasteiger partial charge on any atom is 0.310 e. The summed E-state index contributed by atoms with van der Waals surface area (Å²) in [5.74, 6) is -1.34.